The van der Waals surface area contributed by atoms with Gasteiger partial charge in [0.15, 0.2) is 6.61 Å². The van der Waals surface area contributed by atoms with Crippen molar-refractivity contribution in [2.24, 2.45) is 0 Å². The maximum absolute atomic E-state index is 12.5. The van der Waals surface area contributed by atoms with E-state index in [2.05, 4.69) is 10.0 Å². The Morgan fingerprint density at radius 3 is 2.13 bits per heavy atom. The Kier molecular flexibility index (Phi) is 7.56. The third kappa shape index (κ3) is 6.66. The molecule has 0 atom stereocenters. The Labute approximate surface area is 199 Å². The van der Waals surface area contributed by atoms with E-state index in [1.165, 1.54) is 48.5 Å². The molecule has 0 aliphatic heterocycles. The topological polar surface area (TPSA) is 84.5 Å². The average Bonchev–Trinajstić information content (AvgIpc) is 2.68. The zero-order valence-corrected chi connectivity index (χ0v) is 19.4. The number of carbonyl (C=O) groups excluding carboxylic acids is 1. The van der Waals surface area contributed by atoms with E-state index in [4.69, 9.17) is 51.1 Å². The summed E-state index contributed by atoms with van der Waals surface area (Å²) in [5.74, 6) is -0.155. The number of anilines is 2. The smallest absolute Gasteiger partial charge is 0.262 e. The first kappa shape index (κ1) is 23.5. The molecule has 0 aliphatic rings. The minimum absolute atomic E-state index is 0.00823. The molecule has 0 saturated carbocycles. The van der Waals surface area contributed by atoms with Gasteiger partial charge in [0.1, 0.15) is 5.75 Å². The van der Waals surface area contributed by atoms with Crippen molar-refractivity contribution >= 4 is 73.7 Å². The van der Waals surface area contributed by atoms with Crippen molar-refractivity contribution in [2.75, 3.05) is 16.6 Å². The highest BCUT2D eigenvalue weighted by Gasteiger charge is 2.15. The Morgan fingerprint density at radius 1 is 0.839 bits per heavy atom. The summed E-state index contributed by atoms with van der Waals surface area (Å²) in [5, 5.41) is 3.94. The molecule has 1 amide bonds. The molecule has 0 spiro atoms. The molecule has 0 aromatic heterocycles. The number of hydrogen-bond acceptors (Lipinski definition) is 4. The molecule has 0 fully saturated rings. The number of ether oxygens (including phenoxy) is 1. The van der Waals surface area contributed by atoms with Crippen molar-refractivity contribution in [3.63, 3.8) is 0 Å². The summed E-state index contributed by atoms with van der Waals surface area (Å²) in [7, 11) is -3.87. The Hall–Kier alpha value is -2.16. The van der Waals surface area contributed by atoms with Gasteiger partial charge < -0.3 is 10.1 Å². The summed E-state index contributed by atoms with van der Waals surface area (Å²) in [6, 6.07) is 14.6. The summed E-state index contributed by atoms with van der Waals surface area (Å²) in [6.07, 6.45) is 0. The second kappa shape index (κ2) is 9.97. The molecule has 0 saturated heterocycles. The van der Waals surface area contributed by atoms with Gasteiger partial charge in [-0.25, -0.2) is 8.42 Å². The molecule has 0 radical (unpaired) electrons. The lowest BCUT2D eigenvalue weighted by molar-refractivity contribution is -0.118. The van der Waals surface area contributed by atoms with Gasteiger partial charge in [-0.15, -0.1) is 0 Å². The molecular weight excluding hydrogens is 506 g/mol. The lowest BCUT2D eigenvalue weighted by Gasteiger charge is -2.11. The fraction of sp³-hybridized carbons (Fsp3) is 0.0500. The Bertz CT molecular complexity index is 1200. The third-order valence-corrected chi connectivity index (χ3v) is 6.22. The van der Waals surface area contributed by atoms with E-state index >= 15 is 0 Å². The van der Waals surface area contributed by atoms with Crippen LogP contribution in [0.3, 0.4) is 0 Å². The molecule has 0 bridgehead atoms. The molecule has 2 N–H and O–H groups in total. The van der Waals surface area contributed by atoms with Crippen LogP contribution in [-0.2, 0) is 14.8 Å². The molecule has 3 aromatic carbocycles. The van der Waals surface area contributed by atoms with Gasteiger partial charge in [0.2, 0.25) is 0 Å². The van der Waals surface area contributed by atoms with E-state index in [1.807, 2.05) is 0 Å². The zero-order valence-electron chi connectivity index (χ0n) is 15.5. The maximum atomic E-state index is 12.5. The van der Waals surface area contributed by atoms with Crippen LogP contribution >= 0.6 is 46.4 Å². The van der Waals surface area contributed by atoms with E-state index in [1.54, 1.807) is 12.1 Å². The fourth-order valence-corrected chi connectivity index (χ4v) is 4.37. The van der Waals surface area contributed by atoms with E-state index in [-0.39, 0.29) is 17.2 Å². The molecule has 0 aliphatic carbocycles. The fourth-order valence-electron chi connectivity index (χ4n) is 2.47. The van der Waals surface area contributed by atoms with Crippen LogP contribution in [-0.4, -0.2) is 20.9 Å². The van der Waals surface area contributed by atoms with E-state index in [9.17, 15) is 13.2 Å². The summed E-state index contributed by atoms with van der Waals surface area (Å²) in [5.41, 5.74) is 0.588. The Morgan fingerprint density at radius 2 is 1.48 bits per heavy atom. The molecule has 6 nitrogen and oxygen atoms in total. The quantitative estimate of drug-likeness (QED) is 0.394. The standard InChI is InChI=1S/C20H14Cl4N2O4S/c21-12-1-6-18(24)19(10-12)25-20(27)11-30-16-2-4-17(5-3-16)31(28,29)26-15-8-13(22)7-14(23)9-15/h1-10,26H,11H2,(H,25,27). The molecule has 11 heteroatoms. The monoisotopic (exact) mass is 518 g/mol. The van der Waals surface area contributed by atoms with Gasteiger partial charge in [0.25, 0.3) is 15.9 Å². The average molecular weight is 520 g/mol. The predicted molar refractivity (Wildman–Crippen MR) is 124 cm³/mol. The molecular formula is C20H14Cl4N2O4S. The van der Waals surface area contributed by atoms with Crippen LogP contribution in [0.25, 0.3) is 0 Å². The van der Waals surface area contributed by atoms with Crippen LogP contribution in [0.5, 0.6) is 5.75 Å². The predicted octanol–water partition coefficient (Wildman–Crippen LogP) is 6.12. The number of rotatable bonds is 7. The van der Waals surface area contributed by atoms with Crippen molar-refractivity contribution < 1.29 is 17.9 Å². The zero-order chi connectivity index (χ0) is 22.6. The number of amides is 1. The molecule has 31 heavy (non-hydrogen) atoms. The van der Waals surface area contributed by atoms with Crippen LogP contribution < -0.4 is 14.8 Å². The van der Waals surface area contributed by atoms with Crippen LogP contribution in [0, 0.1) is 0 Å². The van der Waals surface area contributed by atoms with Crippen molar-refractivity contribution in [3.8, 4) is 5.75 Å². The maximum Gasteiger partial charge on any atom is 0.262 e. The molecule has 162 valence electrons. The SMILES string of the molecule is O=C(COc1ccc(S(=O)(=O)Nc2cc(Cl)cc(Cl)c2)cc1)Nc1cc(Cl)ccc1Cl. The first-order chi connectivity index (χ1) is 14.6. The van der Waals surface area contributed by atoms with Gasteiger partial charge in [-0.3, -0.25) is 9.52 Å². The summed E-state index contributed by atoms with van der Waals surface area (Å²) in [4.78, 5) is 12.1. The van der Waals surface area contributed by atoms with Gasteiger partial charge >= 0.3 is 0 Å². The van der Waals surface area contributed by atoms with Crippen molar-refractivity contribution in [2.45, 2.75) is 4.90 Å². The molecule has 0 heterocycles. The van der Waals surface area contributed by atoms with Gasteiger partial charge in [-0.1, -0.05) is 46.4 Å². The number of halogens is 4. The molecule has 0 unspecified atom stereocenters. The number of sulfonamides is 1. The number of hydrogen-bond donors (Lipinski definition) is 2. The second-order valence-electron chi connectivity index (χ2n) is 6.20. The third-order valence-electron chi connectivity index (χ3n) is 3.82. The summed E-state index contributed by atoms with van der Waals surface area (Å²) in [6.45, 7) is -0.311. The van der Waals surface area contributed by atoms with E-state index in [0.29, 0.717) is 31.5 Å². The lowest BCUT2D eigenvalue weighted by Crippen LogP contribution is -2.20. The highest BCUT2D eigenvalue weighted by Crippen LogP contribution is 2.26. The van der Waals surface area contributed by atoms with Gasteiger partial charge in [0, 0.05) is 15.1 Å². The van der Waals surface area contributed by atoms with Crippen molar-refractivity contribution in [1.29, 1.82) is 0 Å². The Balaban J connectivity index is 1.61. The first-order valence-corrected chi connectivity index (χ1v) is 11.6. The molecule has 3 rings (SSSR count). The molecule has 3 aromatic rings. The van der Waals surface area contributed by atoms with Crippen LogP contribution in [0.4, 0.5) is 11.4 Å². The van der Waals surface area contributed by atoms with Crippen LogP contribution in [0.2, 0.25) is 20.1 Å². The first-order valence-electron chi connectivity index (χ1n) is 8.59. The largest absolute Gasteiger partial charge is 0.484 e. The van der Waals surface area contributed by atoms with Gasteiger partial charge in [-0.05, 0) is 60.7 Å². The lowest BCUT2D eigenvalue weighted by atomic mass is 10.3. The number of benzene rings is 3. The van der Waals surface area contributed by atoms with E-state index < -0.39 is 15.9 Å². The van der Waals surface area contributed by atoms with E-state index in [0.717, 1.165) is 0 Å². The van der Waals surface area contributed by atoms with Gasteiger partial charge in [-0.2, -0.15) is 0 Å². The highest BCUT2D eigenvalue weighted by atomic mass is 35.5. The second-order valence-corrected chi connectivity index (χ2v) is 9.59. The van der Waals surface area contributed by atoms with Crippen molar-refractivity contribution in [1.82, 2.24) is 0 Å². The summed E-state index contributed by atoms with van der Waals surface area (Å²) >= 11 is 23.7. The summed E-state index contributed by atoms with van der Waals surface area (Å²) < 4.78 is 32.9. The minimum Gasteiger partial charge on any atom is -0.484 e. The number of nitrogens with one attached hydrogen (secondary N) is 2. The van der Waals surface area contributed by atoms with Gasteiger partial charge in [0.05, 0.1) is 21.3 Å². The highest BCUT2D eigenvalue weighted by molar-refractivity contribution is 7.92. The van der Waals surface area contributed by atoms with Crippen LogP contribution in [0.1, 0.15) is 0 Å². The van der Waals surface area contributed by atoms with Crippen molar-refractivity contribution in [3.05, 3.63) is 80.8 Å². The number of carbonyl (C=O) groups is 1. The normalized spacial score (nSPS) is 11.1. The van der Waals surface area contributed by atoms with Crippen LogP contribution in [0.15, 0.2) is 65.6 Å². The minimum atomic E-state index is -3.87.